The number of nitrogens with one attached hydrogen (secondary N) is 3. The number of aromatic carboxylic acids is 3. The molecule has 6 aromatic rings. The largest absolute Gasteiger partial charge is 0.477 e. The molecule has 0 bridgehead atoms. The number of hydrogen-bond acceptors (Lipinski definition) is 10. The number of hydrogen-bond donors (Lipinski definition) is 6. The quantitative estimate of drug-likeness (QED) is 0.144. The molecule has 0 spiro atoms. The predicted octanol–water partition coefficient (Wildman–Crippen LogP) is 1.19. The Labute approximate surface area is 267 Å². The molecule has 0 aliphatic rings. The van der Waals surface area contributed by atoms with Gasteiger partial charge in [0, 0.05) is 43.0 Å². The first-order valence-corrected chi connectivity index (χ1v) is 13.0. The van der Waals surface area contributed by atoms with E-state index in [4.69, 9.17) is 15.3 Å². The maximum Gasteiger partial charge on any atom is 0.433 e. The number of carboxylic acids is 3. The van der Waals surface area contributed by atoms with Crippen LogP contribution in [0.3, 0.4) is 0 Å². The minimum absolute atomic E-state index is 0.142. The fraction of sp³-hybridized carbons (Fsp3) is 0.0370. The lowest BCUT2D eigenvalue weighted by Crippen LogP contribution is -2.19. The molecule has 22 heteroatoms. The van der Waals surface area contributed by atoms with Crippen LogP contribution in [-0.2, 0) is 6.18 Å². The maximum absolute atomic E-state index is 12.4. The Hall–Kier alpha value is -7.39. The highest BCUT2D eigenvalue weighted by Crippen LogP contribution is 2.27. The summed E-state index contributed by atoms with van der Waals surface area (Å²) in [4.78, 5) is 80.3. The zero-order valence-electron chi connectivity index (χ0n) is 24.1. The number of aromatic nitrogens is 10. The molecule has 0 unspecified atom stereocenters. The topological polar surface area (TPSA) is 277 Å². The highest BCUT2D eigenvalue weighted by atomic mass is 19.4. The molecule has 19 nitrogen and oxygen atoms in total. The van der Waals surface area contributed by atoms with Gasteiger partial charge >= 0.3 is 24.1 Å². The van der Waals surface area contributed by atoms with Crippen LogP contribution in [0.4, 0.5) is 13.2 Å². The summed E-state index contributed by atoms with van der Waals surface area (Å²) in [6.07, 6.45) is 2.19. The Morgan fingerprint density at radius 2 is 1.12 bits per heavy atom. The van der Waals surface area contributed by atoms with Crippen LogP contribution in [-0.4, -0.2) is 82.5 Å². The highest BCUT2D eigenvalue weighted by Gasteiger charge is 2.33. The van der Waals surface area contributed by atoms with Crippen LogP contribution in [0.5, 0.6) is 0 Å². The summed E-state index contributed by atoms with van der Waals surface area (Å²) in [6, 6.07) is 9.91. The van der Waals surface area contributed by atoms with Gasteiger partial charge in [-0.15, -0.1) is 0 Å². The van der Waals surface area contributed by atoms with Crippen molar-refractivity contribution in [1.82, 2.24) is 49.3 Å². The Bertz CT molecular complexity index is 2180. The van der Waals surface area contributed by atoms with Crippen molar-refractivity contribution in [3.63, 3.8) is 0 Å². The Morgan fingerprint density at radius 1 is 0.633 bits per heavy atom. The van der Waals surface area contributed by atoms with Gasteiger partial charge in [-0.1, -0.05) is 0 Å². The second-order valence-electron chi connectivity index (χ2n) is 9.10. The summed E-state index contributed by atoms with van der Waals surface area (Å²) in [6.45, 7) is 0. The van der Waals surface area contributed by atoms with Gasteiger partial charge < -0.3 is 15.3 Å². The molecule has 0 amide bonds. The van der Waals surface area contributed by atoms with E-state index in [1.54, 1.807) is 30.5 Å². The molecule has 0 aromatic carbocycles. The molecule has 0 atom stereocenters. The lowest BCUT2D eigenvalue weighted by Gasteiger charge is -2.06. The third-order valence-electron chi connectivity index (χ3n) is 5.81. The van der Waals surface area contributed by atoms with E-state index >= 15 is 0 Å². The first-order valence-electron chi connectivity index (χ1n) is 13.0. The number of alkyl halides is 3. The molecular weight excluding hydrogens is 665 g/mol. The lowest BCUT2D eigenvalue weighted by atomic mass is 10.4. The van der Waals surface area contributed by atoms with E-state index < -0.39 is 58.1 Å². The van der Waals surface area contributed by atoms with Gasteiger partial charge in [0.05, 0.1) is 17.6 Å². The molecule has 0 radical (unpaired) electrons. The number of carboxylic acid groups (broad SMARTS) is 3. The van der Waals surface area contributed by atoms with E-state index in [1.807, 2.05) is 0 Å². The van der Waals surface area contributed by atoms with Crippen LogP contribution in [0.25, 0.3) is 17.3 Å². The van der Waals surface area contributed by atoms with E-state index in [0.717, 1.165) is 27.7 Å². The van der Waals surface area contributed by atoms with Crippen molar-refractivity contribution in [2.45, 2.75) is 6.18 Å². The first kappa shape index (κ1) is 34.5. The van der Waals surface area contributed by atoms with Crippen molar-refractivity contribution in [3.05, 3.63) is 133 Å². The first-order chi connectivity index (χ1) is 23.1. The summed E-state index contributed by atoms with van der Waals surface area (Å²) >= 11 is 0. The van der Waals surface area contributed by atoms with Crippen LogP contribution in [0.15, 0.2) is 93.9 Å². The Balaban J connectivity index is 0.000000167. The van der Waals surface area contributed by atoms with Gasteiger partial charge in [0.15, 0.2) is 0 Å². The predicted molar refractivity (Wildman–Crippen MR) is 156 cm³/mol. The summed E-state index contributed by atoms with van der Waals surface area (Å²) in [5, 5.41) is 33.0. The Kier molecular flexibility index (Phi) is 10.1. The van der Waals surface area contributed by atoms with Crippen molar-refractivity contribution in [2.24, 2.45) is 0 Å². The van der Waals surface area contributed by atoms with Crippen molar-refractivity contribution < 1.29 is 42.9 Å². The maximum atomic E-state index is 12.4. The molecule has 6 heterocycles. The third-order valence-corrected chi connectivity index (χ3v) is 5.81. The fourth-order valence-electron chi connectivity index (χ4n) is 3.64. The van der Waals surface area contributed by atoms with Gasteiger partial charge in [-0.2, -0.15) is 17.9 Å². The van der Waals surface area contributed by atoms with Gasteiger partial charge in [0.1, 0.15) is 22.8 Å². The molecule has 252 valence electrons. The van der Waals surface area contributed by atoms with Gasteiger partial charge in [0.25, 0.3) is 22.6 Å². The monoisotopic (exact) mass is 684 g/mol. The highest BCUT2D eigenvalue weighted by molar-refractivity contribution is 5.86. The van der Waals surface area contributed by atoms with Crippen LogP contribution >= 0.6 is 0 Å². The number of carbonyl (C=O) groups is 3. The Morgan fingerprint density at radius 3 is 1.57 bits per heavy atom. The van der Waals surface area contributed by atoms with Gasteiger partial charge in [-0.05, 0) is 30.3 Å². The molecule has 0 fully saturated rings. The minimum atomic E-state index is -4.69. The van der Waals surface area contributed by atoms with Crippen LogP contribution in [0, 0.1) is 0 Å². The molecule has 49 heavy (non-hydrogen) atoms. The summed E-state index contributed by atoms with van der Waals surface area (Å²) in [7, 11) is 0. The average molecular weight is 685 g/mol. The molecule has 0 saturated carbocycles. The van der Waals surface area contributed by atoms with Gasteiger partial charge in [-0.25, -0.2) is 33.7 Å². The molecule has 6 aromatic heterocycles. The molecular formula is C27H19F3N10O9. The summed E-state index contributed by atoms with van der Waals surface area (Å²) in [5.74, 6) is -4.36. The number of aromatic amines is 3. The summed E-state index contributed by atoms with van der Waals surface area (Å²) < 4.78 is 40.1. The van der Waals surface area contributed by atoms with E-state index in [1.165, 1.54) is 18.6 Å². The van der Waals surface area contributed by atoms with E-state index in [2.05, 4.69) is 35.2 Å². The van der Waals surface area contributed by atoms with Crippen molar-refractivity contribution in [1.29, 1.82) is 0 Å². The van der Waals surface area contributed by atoms with Crippen LogP contribution in [0.1, 0.15) is 37.2 Å². The second kappa shape index (κ2) is 14.4. The number of H-pyrrole nitrogens is 3. The number of halogens is 3. The fourth-order valence-corrected chi connectivity index (χ4v) is 3.64. The molecule has 0 aliphatic carbocycles. The van der Waals surface area contributed by atoms with E-state index in [9.17, 15) is 41.9 Å². The van der Waals surface area contributed by atoms with Crippen LogP contribution < -0.4 is 16.7 Å². The molecule has 6 N–H and O–H groups in total. The molecule has 6 rings (SSSR count). The minimum Gasteiger partial charge on any atom is -0.477 e. The van der Waals surface area contributed by atoms with Crippen LogP contribution in [0.2, 0.25) is 0 Å². The SMILES string of the molecule is O=C(O)c1cc(=O)n(-c2cccnc2)[nH]1.O=C(O)c1cc(=O)n(-c2ccncc2)[nH]1.O=C(O)c1cc(=O)n(-c2nccc(C(F)(F)F)n2)[nH]1. The molecule has 0 aliphatic heterocycles. The smallest absolute Gasteiger partial charge is 0.433 e. The van der Waals surface area contributed by atoms with E-state index in [0.29, 0.717) is 28.2 Å². The third kappa shape index (κ3) is 8.46. The number of rotatable bonds is 6. The zero-order chi connectivity index (χ0) is 35.9. The summed E-state index contributed by atoms with van der Waals surface area (Å²) in [5.41, 5.74) is -2.70. The van der Waals surface area contributed by atoms with Gasteiger partial charge in [-0.3, -0.25) is 39.6 Å². The average Bonchev–Trinajstić information content (AvgIpc) is 3.78. The van der Waals surface area contributed by atoms with Crippen molar-refractivity contribution >= 4 is 17.9 Å². The number of pyridine rings is 2. The normalized spacial score (nSPS) is 10.7. The lowest BCUT2D eigenvalue weighted by molar-refractivity contribution is -0.141. The zero-order valence-corrected chi connectivity index (χ0v) is 24.1. The van der Waals surface area contributed by atoms with Crippen molar-refractivity contribution in [3.8, 4) is 17.3 Å². The van der Waals surface area contributed by atoms with Gasteiger partial charge in [0.2, 0.25) is 0 Å². The standard InChI is InChI=1S/C9H5F3N4O3.2C9H7N3O3/c10-9(11,12)5-1-2-13-8(14-5)16-6(17)3-4(15-16)7(18)19;13-8-5-7(9(14)15)11-12(8)6-1-3-10-4-2-6;13-8-4-7(9(14)15)11-12(8)6-2-1-3-10-5-6/h1-3,15H,(H,18,19);2*1-5,11H,(H,14,15). The van der Waals surface area contributed by atoms with Crippen molar-refractivity contribution in [2.75, 3.05) is 0 Å². The van der Waals surface area contributed by atoms with E-state index in [-0.39, 0.29) is 11.4 Å². The number of nitrogens with zero attached hydrogens (tertiary/aromatic N) is 7. The molecule has 0 saturated heterocycles. The second-order valence-corrected chi connectivity index (χ2v) is 9.10.